The van der Waals surface area contributed by atoms with Crippen molar-refractivity contribution in [3.63, 3.8) is 0 Å². The number of likely N-dealkylation sites (tertiary alicyclic amines) is 1. The van der Waals surface area contributed by atoms with Crippen molar-refractivity contribution in [1.82, 2.24) is 15.4 Å². The summed E-state index contributed by atoms with van der Waals surface area (Å²) < 4.78 is 19.1. The number of alkyl halides is 1. The summed E-state index contributed by atoms with van der Waals surface area (Å²) in [5.74, 6) is 0.235. The van der Waals surface area contributed by atoms with E-state index < -0.39 is 6.17 Å². The van der Waals surface area contributed by atoms with Gasteiger partial charge in [0.1, 0.15) is 11.9 Å². The zero-order chi connectivity index (χ0) is 20.6. The van der Waals surface area contributed by atoms with Gasteiger partial charge in [0.05, 0.1) is 6.54 Å². The second kappa shape index (κ2) is 10.4. The Kier molecular flexibility index (Phi) is 7.63. The molecule has 29 heavy (non-hydrogen) atoms. The molecule has 156 valence electrons. The molecule has 2 amide bonds. The first-order valence-electron chi connectivity index (χ1n) is 9.86. The van der Waals surface area contributed by atoms with E-state index in [-0.39, 0.29) is 42.4 Å². The molecule has 0 spiro atoms. The Morgan fingerprint density at radius 1 is 1.21 bits per heavy atom. The van der Waals surface area contributed by atoms with E-state index in [0.717, 1.165) is 6.42 Å². The van der Waals surface area contributed by atoms with E-state index >= 15 is 0 Å². The van der Waals surface area contributed by atoms with Gasteiger partial charge in [0.25, 0.3) is 0 Å². The molecule has 2 aromatic rings. The molecule has 0 radical (unpaired) electrons. The SMILES string of the molecule is O=C(CCc1cc(Cl)no1)N[C@H]1C[C@@H](F)CN(C(=O)CCCc2ccccc2)C1. The van der Waals surface area contributed by atoms with Crippen LogP contribution in [0.15, 0.2) is 40.9 Å². The number of aromatic nitrogens is 1. The summed E-state index contributed by atoms with van der Waals surface area (Å²) in [7, 11) is 0. The van der Waals surface area contributed by atoms with Crippen molar-refractivity contribution in [2.24, 2.45) is 0 Å². The molecular weight excluding hydrogens is 397 g/mol. The Morgan fingerprint density at radius 2 is 2.00 bits per heavy atom. The van der Waals surface area contributed by atoms with Crippen molar-refractivity contribution < 1.29 is 18.5 Å². The molecule has 2 atom stereocenters. The third kappa shape index (κ3) is 6.85. The lowest BCUT2D eigenvalue weighted by molar-refractivity contribution is -0.135. The van der Waals surface area contributed by atoms with Gasteiger partial charge in [-0.1, -0.05) is 47.1 Å². The molecule has 1 aromatic heterocycles. The second-order valence-electron chi connectivity index (χ2n) is 7.35. The zero-order valence-corrected chi connectivity index (χ0v) is 16.9. The Bertz CT molecular complexity index is 815. The van der Waals surface area contributed by atoms with E-state index in [1.54, 1.807) is 6.07 Å². The van der Waals surface area contributed by atoms with Gasteiger partial charge in [-0.05, 0) is 18.4 Å². The van der Waals surface area contributed by atoms with Crippen molar-refractivity contribution in [3.8, 4) is 0 Å². The van der Waals surface area contributed by atoms with Gasteiger partial charge in [-0.3, -0.25) is 9.59 Å². The number of aryl methyl sites for hydroxylation is 2. The fraction of sp³-hybridized carbons (Fsp3) is 0.476. The molecule has 6 nitrogen and oxygen atoms in total. The Labute approximate surface area is 174 Å². The van der Waals surface area contributed by atoms with Crippen molar-refractivity contribution >= 4 is 23.4 Å². The molecule has 1 aliphatic heterocycles. The second-order valence-corrected chi connectivity index (χ2v) is 7.74. The molecule has 3 rings (SSSR count). The van der Waals surface area contributed by atoms with Crippen LogP contribution in [-0.4, -0.2) is 47.2 Å². The fourth-order valence-electron chi connectivity index (χ4n) is 3.53. The number of benzene rings is 1. The maximum atomic E-state index is 14.2. The van der Waals surface area contributed by atoms with Gasteiger partial charge in [0, 0.05) is 44.3 Å². The number of carbonyl (C=O) groups excluding carboxylic acids is 2. The van der Waals surface area contributed by atoms with E-state index in [4.69, 9.17) is 16.1 Å². The molecule has 1 N–H and O–H groups in total. The van der Waals surface area contributed by atoms with Crippen molar-refractivity contribution in [3.05, 3.63) is 52.9 Å². The summed E-state index contributed by atoms with van der Waals surface area (Å²) >= 11 is 5.68. The van der Waals surface area contributed by atoms with Crippen LogP contribution in [0.4, 0.5) is 4.39 Å². The number of nitrogens with zero attached hydrogens (tertiary/aromatic N) is 2. The number of halogens is 2. The molecule has 1 aromatic carbocycles. The van der Waals surface area contributed by atoms with Gasteiger partial charge in [-0.2, -0.15) is 0 Å². The lowest BCUT2D eigenvalue weighted by Crippen LogP contribution is -2.53. The van der Waals surface area contributed by atoms with Crippen LogP contribution in [0.5, 0.6) is 0 Å². The van der Waals surface area contributed by atoms with E-state index in [0.29, 0.717) is 31.6 Å². The summed E-state index contributed by atoms with van der Waals surface area (Å²) in [5.41, 5.74) is 1.18. The van der Waals surface area contributed by atoms with Crippen molar-refractivity contribution in [1.29, 1.82) is 0 Å². The highest BCUT2D eigenvalue weighted by Crippen LogP contribution is 2.17. The highest BCUT2D eigenvalue weighted by Gasteiger charge is 2.30. The lowest BCUT2D eigenvalue weighted by Gasteiger charge is -2.35. The third-order valence-electron chi connectivity index (χ3n) is 4.94. The highest BCUT2D eigenvalue weighted by molar-refractivity contribution is 6.29. The highest BCUT2D eigenvalue weighted by atomic mass is 35.5. The number of piperidine rings is 1. The first kappa shape index (κ1) is 21.3. The first-order chi connectivity index (χ1) is 14.0. The van der Waals surface area contributed by atoms with Gasteiger partial charge < -0.3 is 14.7 Å². The molecule has 0 unspecified atom stereocenters. The van der Waals surface area contributed by atoms with E-state index in [1.807, 2.05) is 30.3 Å². The Morgan fingerprint density at radius 3 is 2.72 bits per heavy atom. The summed E-state index contributed by atoms with van der Waals surface area (Å²) in [4.78, 5) is 26.2. The van der Waals surface area contributed by atoms with Crippen LogP contribution in [0.2, 0.25) is 5.15 Å². The number of hydrogen-bond donors (Lipinski definition) is 1. The minimum atomic E-state index is -1.14. The minimum absolute atomic E-state index is 0.0705. The van der Waals surface area contributed by atoms with Crippen LogP contribution < -0.4 is 5.32 Å². The van der Waals surface area contributed by atoms with Crippen LogP contribution in [0.25, 0.3) is 0 Å². The van der Waals surface area contributed by atoms with Crippen molar-refractivity contribution in [2.75, 3.05) is 13.1 Å². The molecule has 0 bridgehead atoms. The molecule has 0 aliphatic carbocycles. The average Bonchev–Trinajstić information content (AvgIpc) is 3.12. The predicted octanol–water partition coefficient (Wildman–Crippen LogP) is 3.34. The Balaban J connectivity index is 1.42. The maximum absolute atomic E-state index is 14.2. The van der Waals surface area contributed by atoms with Gasteiger partial charge in [-0.25, -0.2) is 4.39 Å². The monoisotopic (exact) mass is 421 g/mol. The molecule has 2 heterocycles. The minimum Gasteiger partial charge on any atom is -0.360 e. The van der Waals surface area contributed by atoms with Gasteiger partial charge >= 0.3 is 0 Å². The topological polar surface area (TPSA) is 75.4 Å². The normalized spacial score (nSPS) is 19.2. The predicted molar refractivity (Wildman–Crippen MR) is 107 cm³/mol. The standard InChI is InChI=1S/C21H25ClFN3O3/c22-19-12-18(29-25-19)9-10-20(27)24-17-11-16(23)13-26(14-17)21(28)8-4-7-15-5-2-1-3-6-15/h1-3,5-6,12,16-17H,4,7-11,13-14H2,(H,24,27)/t16-,17+/m1/s1. The van der Waals surface area contributed by atoms with Crippen LogP contribution in [-0.2, 0) is 22.4 Å². The van der Waals surface area contributed by atoms with Crippen LogP contribution in [0.3, 0.4) is 0 Å². The van der Waals surface area contributed by atoms with Gasteiger partial charge in [-0.15, -0.1) is 0 Å². The number of hydrogen-bond acceptors (Lipinski definition) is 4. The van der Waals surface area contributed by atoms with E-state index in [1.165, 1.54) is 10.5 Å². The average molecular weight is 422 g/mol. The number of carbonyl (C=O) groups is 2. The van der Waals surface area contributed by atoms with E-state index in [9.17, 15) is 14.0 Å². The molecule has 1 fully saturated rings. The summed E-state index contributed by atoms with van der Waals surface area (Å²) in [6, 6.07) is 11.1. The zero-order valence-electron chi connectivity index (χ0n) is 16.2. The largest absolute Gasteiger partial charge is 0.360 e. The number of nitrogens with one attached hydrogen (secondary N) is 1. The molecule has 1 aliphatic rings. The van der Waals surface area contributed by atoms with Crippen LogP contribution >= 0.6 is 11.6 Å². The molecule has 8 heteroatoms. The number of rotatable bonds is 8. The molecular formula is C21H25ClFN3O3. The van der Waals surface area contributed by atoms with E-state index in [2.05, 4.69) is 10.5 Å². The van der Waals surface area contributed by atoms with Crippen LogP contribution in [0, 0.1) is 0 Å². The molecule has 0 saturated carbocycles. The summed E-state index contributed by atoms with van der Waals surface area (Å²) in [5, 5.41) is 6.63. The smallest absolute Gasteiger partial charge is 0.222 e. The molecule has 1 saturated heterocycles. The maximum Gasteiger partial charge on any atom is 0.222 e. The third-order valence-corrected chi connectivity index (χ3v) is 5.12. The summed E-state index contributed by atoms with van der Waals surface area (Å²) in [6.45, 7) is 0.428. The van der Waals surface area contributed by atoms with Gasteiger partial charge in [0.2, 0.25) is 11.8 Å². The summed E-state index contributed by atoms with van der Waals surface area (Å²) in [6.07, 6.45) is 1.52. The lowest BCUT2D eigenvalue weighted by atomic mass is 10.0. The van der Waals surface area contributed by atoms with Crippen LogP contribution in [0.1, 0.15) is 37.0 Å². The first-order valence-corrected chi connectivity index (χ1v) is 10.2. The fourth-order valence-corrected chi connectivity index (χ4v) is 3.69. The van der Waals surface area contributed by atoms with Gasteiger partial charge in [0.15, 0.2) is 5.15 Å². The Hall–Kier alpha value is -2.41. The van der Waals surface area contributed by atoms with Crippen molar-refractivity contribution in [2.45, 2.75) is 50.7 Å². The quantitative estimate of drug-likeness (QED) is 0.709. The number of amides is 2.